The minimum absolute atomic E-state index is 0.180. The molecule has 10 heteroatoms. The third kappa shape index (κ3) is 5.70. The topological polar surface area (TPSA) is 75.7 Å². The molecule has 1 amide bonds. The molecule has 0 saturated carbocycles. The molecule has 1 aliphatic heterocycles. The Kier molecular flexibility index (Phi) is 6.13. The summed E-state index contributed by atoms with van der Waals surface area (Å²) in [7, 11) is -3.63. The third-order valence-electron chi connectivity index (χ3n) is 4.49. The fourth-order valence-electron chi connectivity index (χ4n) is 3.07. The zero-order valence-corrected chi connectivity index (χ0v) is 16.0. The summed E-state index contributed by atoms with van der Waals surface area (Å²) in [6, 6.07) is 12.4. The summed E-state index contributed by atoms with van der Waals surface area (Å²) in [6.45, 7) is 0.670. The zero-order chi connectivity index (χ0) is 21.1. The summed E-state index contributed by atoms with van der Waals surface area (Å²) in [5.41, 5.74) is 0.239. The smallest absolute Gasteiger partial charge is 0.406 e. The largest absolute Gasteiger partial charge is 0.573 e. The van der Waals surface area contributed by atoms with Crippen LogP contribution in [0.1, 0.15) is 23.2 Å². The van der Waals surface area contributed by atoms with E-state index in [1.54, 1.807) is 23.1 Å². The van der Waals surface area contributed by atoms with Crippen molar-refractivity contribution >= 4 is 15.9 Å². The fourth-order valence-corrected chi connectivity index (χ4v) is 4.40. The lowest BCUT2D eigenvalue weighted by atomic mass is 10.0. The lowest BCUT2D eigenvalue weighted by Crippen LogP contribution is -2.46. The van der Waals surface area contributed by atoms with Crippen LogP contribution in [0.5, 0.6) is 5.75 Å². The van der Waals surface area contributed by atoms with Gasteiger partial charge in [0.1, 0.15) is 5.75 Å². The number of sulfonamides is 1. The monoisotopic (exact) mass is 428 g/mol. The molecular weight excluding hydrogens is 409 g/mol. The molecule has 156 valence electrons. The van der Waals surface area contributed by atoms with Crippen molar-refractivity contribution in [2.45, 2.75) is 30.1 Å². The first-order valence-corrected chi connectivity index (χ1v) is 10.3. The first-order valence-electron chi connectivity index (χ1n) is 8.86. The second-order valence-corrected chi connectivity index (χ2v) is 8.29. The van der Waals surface area contributed by atoms with E-state index in [9.17, 15) is 26.4 Å². The predicted molar refractivity (Wildman–Crippen MR) is 98.8 cm³/mol. The number of carbonyl (C=O) groups is 1. The number of hydrogen-bond acceptors (Lipinski definition) is 4. The number of benzene rings is 2. The summed E-state index contributed by atoms with van der Waals surface area (Å²) < 4.78 is 67.8. The minimum atomic E-state index is -4.79. The average Bonchev–Trinajstić information content (AvgIpc) is 2.68. The molecule has 2 aromatic rings. The number of ether oxygens (including phenoxy) is 1. The van der Waals surface area contributed by atoms with Crippen molar-refractivity contribution in [3.05, 3.63) is 60.2 Å². The third-order valence-corrected chi connectivity index (χ3v) is 6.03. The van der Waals surface area contributed by atoms with Crippen molar-refractivity contribution in [3.8, 4) is 5.75 Å². The molecule has 1 N–H and O–H groups in total. The van der Waals surface area contributed by atoms with Gasteiger partial charge >= 0.3 is 6.36 Å². The summed E-state index contributed by atoms with van der Waals surface area (Å²) in [5.74, 6) is -0.726. The highest BCUT2D eigenvalue weighted by molar-refractivity contribution is 7.89. The average molecular weight is 428 g/mol. The maximum absolute atomic E-state index is 12.5. The van der Waals surface area contributed by atoms with E-state index in [0.29, 0.717) is 25.9 Å². The molecule has 29 heavy (non-hydrogen) atoms. The van der Waals surface area contributed by atoms with Gasteiger partial charge in [0, 0.05) is 24.7 Å². The molecule has 3 rings (SSSR count). The molecule has 0 radical (unpaired) electrons. The molecule has 6 nitrogen and oxygen atoms in total. The summed E-state index contributed by atoms with van der Waals surface area (Å²) in [6.07, 6.45) is -3.92. The van der Waals surface area contributed by atoms with Gasteiger partial charge < -0.3 is 9.64 Å². The quantitative estimate of drug-likeness (QED) is 0.794. The normalized spacial score (nSPS) is 15.9. The maximum Gasteiger partial charge on any atom is 0.573 e. The van der Waals surface area contributed by atoms with Crippen LogP contribution in [0, 0.1) is 0 Å². The summed E-state index contributed by atoms with van der Waals surface area (Å²) in [5, 5.41) is 0. The van der Waals surface area contributed by atoms with Crippen molar-refractivity contribution in [1.29, 1.82) is 0 Å². The van der Waals surface area contributed by atoms with Gasteiger partial charge in [-0.15, -0.1) is 13.2 Å². The number of carbonyl (C=O) groups excluding carboxylic acids is 1. The predicted octanol–water partition coefficient (Wildman–Crippen LogP) is 3.17. The van der Waals surface area contributed by atoms with Crippen LogP contribution in [0.25, 0.3) is 0 Å². The van der Waals surface area contributed by atoms with Crippen LogP contribution in [0.4, 0.5) is 13.2 Å². The molecule has 1 heterocycles. The number of nitrogens with one attached hydrogen (secondary N) is 1. The molecule has 0 bridgehead atoms. The van der Waals surface area contributed by atoms with E-state index in [2.05, 4.69) is 9.46 Å². The number of alkyl halides is 3. The van der Waals surface area contributed by atoms with Gasteiger partial charge in [0.25, 0.3) is 5.91 Å². The number of halogens is 3. The molecule has 1 saturated heterocycles. The van der Waals surface area contributed by atoms with Gasteiger partial charge in [-0.25, -0.2) is 13.1 Å². The van der Waals surface area contributed by atoms with E-state index in [1.165, 1.54) is 24.3 Å². The van der Waals surface area contributed by atoms with Gasteiger partial charge in [-0.2, -0.15) is 0 Å². The molecule has 1 aliphatic rings. The van der Waals surface area contributed by atoms with Crippen molar-refractivity contribution in [3.63, 3.8) is 0 Å². The standard InChI is InChI=1S/C19H19F3N2O4S/c20-19(21,22)28-16-8-6-14(7-9-16)18(25)24-12-10-15(11-13-24)23-29(26,27)17-4-2-1-3-5-17/h1-9,15,23H,10-13H2. The van der Waals surface area contributed by atoms with E-state index in [4.69, 9.17) is 0 Å². The molecule has 0 aromatic heterocycles. The Balaban J connectivity index is 1.56. The Bertz CT molecular complexity index is 940. The number of nitrogens with zero attached hydrogens (tertiary/aromatic N) is 1. The van der Waals surface area contributed by atoms with Crippen molar-refractivity contribution < 1.29 is 31.1 Å². The Morgan fingerprint density at radius 2 is 1.59 bits per heavy atom. The lowest BCUT2D eigenvalue weighted by Gasteiger charge is -2.32. The Hall–Kier alpha value is -2.59. The first kappa shape index (κ1) is 21.1. The number of hydrogen-bond donors (Lipinski definition) is 1. The number of amides is 1. The van der Waals surface area contributed by atoms with E-state index in [-0.39, 0.29) is 22.4 Å². The van der Waals surface area contributed by atoms with Crippen molar-refractivity contribution in [2.75, 3.05) is 13.1 Å². The van der Waals surface area contributed by atoms with Crippen molar-refractivity contribution in [1.82, 2.24) is 9.62 Å². The molecule has 0 spiro atoms. The highest BCUT2D eigenvalue weighted by atomic mass is 32.2. The Labute approximate surface area is 166 Å². The van der Waals surface area contributed by atoms with Crippen LogP contribution in [0.15, 0.2) is 59.5 Å². The molecule has 0 aliphatic carbocycles. The first-order chi connectivity index (χ1) is 13.6. The Morgan fingerprint density at radius 1 is 1.00 bits per heavy atom. The van der Waals surface area contributed by atoms with E-state index < -0.39 is 22.1 Å². The van der Waals surface area contributed by atoms with Crippen LogP contribution in [0.3, 0.4) is 0 Å². The highest BCUT2D eigenvalue weighted by Crippen LogP contribution is 2.24. The number of likely N-dealkylation sites (tertiary alicyclic amines) is 1. The second-order valence-electron chi connectivity index (χ2n) is 6.57. The Morgan fingerprint density at radius 3 is 2.14 bits per heavy atom. The minimum Gasteiger partial charge on any atom is -0.406 e. The van der Waals surface area contributed by atoms with Gasteiger partial charge in [0.15, 0.2) is 0 Å². The van der Waals surface area contributed by atoms with E-state index >= 15 is 0 Å². The van der Waals surface area contributed by atoms with Crippen LogP contribution >= 0.6 is 0 Å². The van der Waals surface area contributed by atoms with Gasteiger partial charge in [-0.05, 0) is 49.2 Å². The summed E-state index contributed by atoms with van der Waals surface area (Å²) >= 11 is 0. The van der Waals surface area contributed by atoms with E-state index in [1.807, 2.05) is 0 Å². The number of rotatable bonds is 5. The molecule has 0 atom stereocenters. The molecule has 2 aromatic carbocycles. The maximum atomic E-state index is 12.5. The lowest BCUT2D eigenvalue weighted by molar-refractivity contribution is -0.274. The van der Waals surface area contributed by atoms with Gasteiger partial charge in [0.05, 0.1) is 4.90 Å². The molecule has 0 unspecified atom stereocenters. The number of piperidine rings is 1. The van der Waals surface area contributed by atoms with Gasteiger partial charge in [-0.3, -0.25) is 4.79 Å². The van der Waals surface area contributed by atoms with Crippen molar-refractivity contribution in [2.24, 2.45) is 0 Å². The summed E-state index contributed by atoms with van der Waals surface area (Å²) in [4.78, 5) is 14.3. The fraction of sp³-hybridized carbons (Fsp3) is 0.316. The van der Waals surface area contributed by atoms with Gasteiger partial charge in [-0.1, -0.05) is 18.2 Å². The molecular formula is C19H19F3N2O4S. The molecule has 1 fully saturated rings. The van der Waals surface area contributed by atoms with Crippen LogP contribution in [0.2, 0.25) is 0 Å². The SMILES string of the molecule is O=C(c1ccc(OC(F)(F)F)cc1)N1CCC(NS(=O)(=O)c2ccccc2)CC1. The van der Waals surface area contributed by atoms with Crippen LogP contribution < -0.4 is 9.46 Å². The van der Waals surface area contributed by atoms with Crippen LogP contribution in [-0.2, 0) is 10.0 Å². The highest BCUT2D eigenvalue weighted by Gasteiger charge is 2.31. The van der Waals surface area contributed by atoms with Gasteiger partial charge in [0.2, 0.25) is 10.0 Å². The zero-order valence-electron chi connectivity index (χ0n) is 15.2. The van der Waals surface area contributed by atoms with Crippen LogP contribution in [-0.4, -0.2) is 44.7 Å². The van der Waals surface area contributed by atoms with E-state index in [0.717, 1.165) is 12.1 Å². The second kappa shape index (κ2) is 8.42.